The van der Waals surface area contributed by atoms with Gasteiger partial charge in [-0.2, -0.15) is 0 Å². The van der Waals surface area contributed by atoms with Crippen LogP contribution in [-0.2, 0) is 11.2 Å². The predicted molar refractivity (Wildman–Crippen MR) is 115 cm³/mol. The molecular weight excluding hydrogens is 423 g/mol. The molecule has 4 nitrogen and oxygen atoms in total. The molecule has 0 spiro atoms. The normalized spacial score (nSPS) is 19.3. The summed E-state index contributed by atoms with van der Waals surface area (Å²) in [6.45, 7) is 1.85. The van der Waals surface area contributed by atoms with E-state index in [1.54, 1.807) is 6.07 Å². The molecule has 2 aromatic heterocycles. The number of benzene rings is 1. The third-order valence-electron chi connectivity index (χ3n) is 6.07. The number of carbonyl (C=O) groups excluding carboxylic acids is 1. The average Bonchev–Trinajstić information content (AvgIpc) is 3.18. The molecule has 0 aliphatic heterocycles. The van der Waals surface area contributed by atoms with Crippen LogP contribution in [0.4, 0.5) is 13.2 Å². The molecule has 0 bridgehead atoms. The number of ketones is 1. The molecule has 1 fully saturated rings. The number of Topliss-reactive ketones (excluding diaryl/α,β-unsaturated/α-hetero) is 1. The maximum Gasteiger partial charge on any atom is 0.238 e. The zero-order valence-electron chi connectivity index (χ0n) is 17.3. The lowest BCUT2D eigenvalue weighted by molar-refractivity contribution is -0.123. The van der Waals surface area contributed by atoms with Crippen molar-refractivity contribution in [3.8, 4) is 10.6 Å². The van der Waals surface area contributed by atoms with E-state index in [1.165, 1.54) is 23.6 Å². The largest absolute Gasteiger partial charge is 0.299 e. The Kier molecular flexibility index (Phi) is 6.65. The lowest BCUT2D eigenvalue weighted by atomic mass is 9.77. The lowest BCUT2D eigenvalue weighted by Crippen LogP contribution is -2.23. The first-order valence-corrected chi connectivity index (χ1v) is 11.4. The Bertz CT molecular complexity index is 1080. The van der Waals surface area contributed by atoms with Crippen LogP contribution in [-0.4, -0.2) is 27.4 Å². The van der Waals surface area contributed by atoms with Crippen molar-refractivity contribution in [3.63, 3.8) is 0 Å². The molecule has 1 aliphatic rings. The summed E-state index contributed by atoms with van der Waals surface area (Å²) in [6, 6.07) is 5.05. The molecule has 2 heterocycles. The van der Waals surface area contributed by atoms with Gasteiger partial charge in [0.1, 0.15) is 21.6 Å². The molecule has 1 saturated carbocycles. The predicted octanol–water partition coefficient (Wildman–Crippen LogP) is 6.16. The Hall–Kier alpha value is -2.35. The van der Waals surface area contributed by atoms with Crippen LogP contribution >= 0.6 is 11.3 Å². The minimum atomic E-state index is -2.25. The molecule has 0 saturated heterocycles. The summed E-state index contributed by atoms with van der Waals surface area (Å²) in [6.07, 6.45) is 3.04. The fraction of sp³-hybridized carbons (Fsp3) is 0.478. The van der Waals surface area contributed by atoms with Gasteiger partial charge in [-0.25, -0.2) is 13.2 Å². The number of alkyl halides is 2. The SMILES string of the molecule is Cc1nnc(-c2cc(F)c3cnc(CC(=O)C4CCC(CCC(F)F)CC4)cc3c2)s1. The maximum absolute atomic E-state index is 14.6. The quantitative estimate of drug-likeness (QED) is 0.435. The van der Waals surface area contributed by atoms with E-state index >= 15 is 0 Å². The number of aryl methyl sites for hydroxylation is 1. The molecular formula is C23H24F3N3OS. The summed E-state index contributed by atoms with van der Waals surface area (Å²) in [7, 11) is 0. The third kappa shape index (κ3) is 5.29. The highest BCUT2D eigenvalue weighted by Crippen LogP contribution is 2.34. The smallest absolute Gasteiger partial charge is 0.238 e. The fourth-order valence-corrected chi connectivity index (χ4v) is 5.03. The van der Waals surface area contributed by atoms with E-state index in [9.17, 15) is 18.0 Å². The van der Waals surface area contributed by atoms with E-state index in [-0.39, 0.29) is 30.4 Å². The van der Waals surface area contributed by atoms with E-state index < -0.39 is 6.43 Å². The Labute approximate surface area is 182 Å². The number of nitrogens with zero attached hydrogens (tertiary/aromatic N) is 3. The topological polar surface area (TPSA) is 55.7 Å². The van der Waals surface area contributed by atoms with Gasteiger partial charge in [-0.05, 0) is 68.5 Å². The Morgan fingerprint density at radius 2 is 1.94 bits per heavy atom. The zero-order chi connectivity index (χ0) is 22.0. The molecule has 8 heteroatoms. The van der Waals surface area contributed by atoms with Gasteiger partial charge in [0.25, 0.3) is 0 Å². The summed E-state index contributed by atoms with van der Waals surface area (Å²) >= 11 is 1.40. The van der Waals surface area contributed by atoms with Crippen LogP contribution in [0, 0.1) is 24.6 Å². The fourth-order valence-electron chi connectivity index (χ4n) is 4.35. The maximum atomic E-state index is 14.6. The standard InChI is InChI=1S/C23H24F3N3OS/c1-13-28-29-23(31-13)17-8-16-9-18(27-12-19(16)20(24)10-17)11-21(30)15-5-2-14(3-6-15)4-7-22(25)26/h8-10,12,14-15,22H,2-7,11H2,1H3. The first-order chi connectivity index (χ1) is 14.9. The van der Waals surface area contributed by atoms with Crippen LogP contribution < -0.4 is 0 Å². The molecule has 0 N–H and O–H groups in total. The van der Waals surface area contributed by atoms with Gasteiger partial charge in [0.05, 0.1) is 0 Å². The van der Waals surface area contributed by atoms with Gasteiger partial charge in [0.2, 0.25) is 6.43 Å². The van der Waals surface area contributed by atoms with Gasteiger partial charge in [-0.3, -0.25) is 9.78 Å². The Morgan fingerprint density at radius 3 is 2.61 bits per heavy atom. The highest BCUT2D eigenvalue weighted by atomic mass is 32.1. The van der Waals surface area contributed by atoms with Crippen molar-refractivity contribution in [2.24, 2.45) is 11.8 Å². The van der Waals surface area contributed by atoms with Gasteiger partial charge < -0.3 is 0 Å². The van der Waals surface area contributed by atoms with Crippen molar-refractivity contribution < 1.29 is 18.0 Å². The van der Waals surface area contributed by atoms with E-state index in [4.69, 9.17) is 0 Å². The van der Waals surface area contributed by atoms with E-state index in [2.05, 4.69) is 15.2 Å². The molecule has 31 heavy (non-hydrogen) atoms. The number of halogens is 3. The molecule has 0 atom stereocenters. The molecule has 0 radical (unpaired) electrons. The van der Waals surface area contributed by atoms with E-state index in [1.807, 2.05) is 13.0 Å². The first kappa shape index (κ1) is 21.9. The van der Waals surface area contributed by atoms with Gasteiger partial charge in [0, 0.05) is 41.6 Å². The monoisotopic (exact) mass is 447 g/mol. The minimum Gasteiger partial charge on any atom is -0.299 e. The number of hydrogen-bond donors (Lipinski definition) is 0. The summed E-state index contributed by atoms with van der Waals surface area (Å²) in [4.78, 5) is 17.1. The van der Waals surface area contributed by atoms with Crippen molar-refractivity contribution in [1.82, 2.24) is 15.2 Å². The highest BCUT2D eigenvalue weighted by molar-refractivity contribution is 7.14. The van der Waals surface area contributed by atoms with Crippen molar-refractivity contribution in [1.29, 1.82) is 0 Å². The van der Waals surface area contributed by atoms with Gasteiger partial charge in [0.15, 0.2) is 0 Å². The van der Waals surface area contributed by atoms with Crippen molar-refractivity contribution in [3.05, 3.63) is 40.9 Å². The third-order valence-corrected chi connectivity index (χ3v) is 6.95. The van der Waals surface area contributed by atoms with Crippen LogP contribution in [0.3, 0.4) is 0 Å². The number of hydrogen-bond acceptors (Lipinski definition) is 5. The number of aromatic nitrogens is 3. The summed E-state index contributed by atoms with van der Waals surface area (Å²) in [5, 5.41) is 10.6. The lowest BCUT2D eigenvalue weighted by Gasteiger charge is -2.27. The molecule has 1 aromatic carbocycles. The Morgan fingerprint density at radius 1 is 1.16 bits per heavy atom. The molecule has 164 valence electrons. The molecule has 4 rings (SSSR count). The zero-order valence-corrected chi connectivity index (χ0v) is 18.1. The number of carbonyl (C=O) groups is 1. The van der Waals surface area contributed by atoms with Crippen LogP contribution in [0.15, 0.2) is 24.4 Å². The second-order valence-electron chi connectivity index (χ2n) is 8.31. The molecule has 0 unspecified atom stereocenters. The van der Waals surface area contributed by atoms with Crippen molar-refractivity contribution >= 4 is 27.9 Å². The van der Waals surface area contributed by atoms with Crippen LogP contribution in [0.2, 0.25) is 0 Å². The molecule has 0 amide bonds. The molecule has 3 aromatic rings. The molecule has 1 aliphatic carbocycles. The average molecular weight is 448 g/mol. The minimum absolute atomic E-state index is 0.0484. The van der Waals surface area contributed by atoms with Crippen LogP contribution in [0.1, 0.15) is 49.2 Å². The van der Waals surface area contributed by atoms with Crippen LogP contribution in [0.25, 0.3) is 21.3 Å². The summed E-state index contributed by atoms with van der Waals surface area (Å²) in [5.41, 5.74) is 1.27. The van der Waals surface area contributed by atoms with Crippen LogP contribution in [0.5, 0.6) is 0 Å². The summed E-state index contributed by atoms with van der Waals surface area (Å²) in [5.74, 6) is -0.0154. The highest BCUT2D eigenvalue weighted by Gasteiger charge is 2.27. The van der Waals surface area contributed by atoms with E-state index in [0.717, 1.165) is 30.7 Å². The van der Waals surface area contributed by atoms with Crippen molar-refractivity contribution in [2.45, 2.75) is 58.3 Å². The number of pyridine rings is 1. The Balaban J connectivity index is 1.44. The number of fused-ring (bicyclic) bond motifs is 1. The van der Waals surface area contributed by atoms with E-state index in [0.29, 0.717) is 39.4 Å². The van der Waals surface area contributed by atoms with Gasteiger partial charge >= 0.3 is 0 Å². The van der Waals surface area contributed by atoms with Gasteiger partial charge in [-0.1, -0.05) is 11.3 Å². The second kappa shape index (κ2) is 9.42. The second-order valence-corrected chi connectivity index (χ2v) is 9.49. The van der Waals surface area contributed by atoms with Crippen molar-refractivity contribution in [2.75, 3.05) is 0 Å². The summed E-state index contributed by atoms with van der Waals surface area (Å²) < 4.78 is 39.4. The first-order valence-electron chi connectivity index (χ1n) is 10.6. The van der Waals surface area contributed by atoms with Gasteiger partial charge in [-0.15, -0.1) is 10.2 Å². The number of rotatable bonds is 7.